The minimum atomic E-state index is -0.158. The van der Waals surface area contributed by atoms with Crippen molar-refractivity contribution in [1.29, 1.82) is 0 Å². The molecule has 5 nitrogen and oxygen atoms in total. The molecule has 0 unspecified atom stereocenters. The second-order valence-electron chi connectivity index (χ2n) is 6.33. The summed E-state index contributed by atoms with van der Waals surface area (Å²) in [5, 5.41) is 6.20. The number of nitrogens with zero attached hydrogens (tertiary/aromatic N) is 1. The largest absolute Gasteiger partial charge is 0.492 e. The fraction of sp³-hybridized carbons (Fsp3) is 0.217. The van der Waals surface area contributed by atoms with Gasteiger partial charge in [-0.3, -0.25) is 4.79 Å². The van der Waals surface area contributed by atoms with E-state index in [1.807, 2.05) is 55.5 Å². The maximum absolute atomic E-state index is 12.3. The third-order valence-electron chi connectivity index (χ3n) is 4.23. The monoisotopic (exact) mass is 375 g/mol. The summed E-state index contributed by atoms with van der Waals surface area (Å²) in [6, 6.07) is 21.5. The predicted octanol–water partition coefficient (Wildman–Crippen LogP) is 4.59. The summed E-state index contributed by atoms with van der Waals surface area (Å²) >= 11 is 0. The van der Waals surface area contributed by atoms with Crippen LogP contribution in [-0.2, 0) is 6.42 Å². The van der Waals surface area contributed by atoms with Crippen molar-refractivity contribution in [3.63, 3.8) is 0 Å². The Morgan fingerprint density at radius 2 is 1.79 bits per heavy atom. The van der Waals surface area contributed by atoms with Crippen molar-refractivity contribution >= 4 is 17.3 Å². The third kappa shape index (κ3) is 5.58. The molecule has 1 amide bonds. The molecule has 0 aliphatic rings. The zero-order chi connectivity index (χ0) is 19.6. The molecule has 0 saturated heterocycles. The van der Waals surface area contributed by atoms with E-state index < -0.39 is 0 Å². The molecule has 5 heteroatoms. The fourth-order valence-electron chi connectivity index (χ4n) is 2.84. The molecular weight excluding hydrogens is 350 g/mol. The van der Waals surface area contributed by atoms with Crippen LogP contribution in [0.1, 0.15) is 29.4 Å². The van der Waals surface area contributed by atoms with Crippen molar-refractivity contribution in [2.75, 3.05) is 18.5 Å². The Hall–Kier alpha value is -3.34. The van der Waals surface area contributed by atoms with Gasteiger partial charge in [0.15, 0.2) is 0 Å². The quantitative estimate of drug-likeness (QED) is 0.537. The van der Waals surface area contributed by atoms with Crippen LogP contribution < -0.4 is 15.4 Å². The predicted molar refractivity (Wildman–Crippen MR) is 112 cm³/mol. The average Bonchev–Trinajstić information content (AvgIpc) is 2.74. The normalized spacial score (nSPS) is 10.3. The molecule has 3 rings (SSSR count). The summed E-state index contributed by atoms with van der Waals surface area (Å²) in [6.45, 7) is 3.17. The van der Waals surface area contributed by atoms with Crippen LogP contribution >= 0.6 is 0 Å². The summed E-state index contributed by atoms with van der Waals surface area (Å²) < 4.78 is 5.61. The van der Waals surface area contributed by atoms with Crippen LogP contribution in [0.3, 0.4) is 0 Å². The van der Waals surface area contributed by atoms with Gasteiger partial charge in [-0.15, -0.1) is 0 Å². The second kappa shape index (κ2) is 10.1. The molecular formula is C23H25N3O2. The first-order valence-electron chi connectivity index (χ1n) is 9.53. The lowest BCUT2D eigenvalue weighted by molar-refractivity contribution is 0.0948. The molecule has 0 aliphatic heterocycles. The number of benzene rings is 2. The number of carbonyl (C=O) groups is 1. The van der Waals surface area contributed by atoms with Crippen molar-refractivity contribution in [3.05, 3.63) is 84.2 Å². The molecule has 144 valence electrons. The standard InChI is InChI=1S/C23H25N3O2/c1-2-28-22-13-7-6-12-20(22)26-19-14-15-21(25-17-19)23(27)24-16-8-11-18-9-4-3-5-10-18/h3-7,9-10,12-15,17,26H,2,8,11,16H2,1H3,(H,24,27). The van der Waals surface area contributed by atoms with Gasteiger partial charge in [0.2, 0.25) is 0 Å². The van der Waals surface area contributed by atoms with E-state index in [2.05, 4.69) is 27.8 Å². The molecule has 1 heterocycles. The highest BCUT2D eigenvalue weighted by Crippen LogP contribution is 2.27. The number of nitrogens with one attached hydrogen (secondary N) is 2. The molecule has 0 fully saturated rings. The topological polar surface area (TPSA) is 63.2 Å². The first kappa shape index (κ1) is 19.4. The lowest BCUT2D eigenvalue weighted by Crippen LogP contribution is -2.25. The van der Waals surface area contributed by atoms with Crippen molar-refractivity contribution in [3.8, 4) is 5.75 Å². The van der Waals surface area contributed by atoms with E-state index in [-0.39, 0.29) is 5.91 Å². The van der Waals surface area contributed by atoms with Crippen molar-refractivity contribution < 1.29 is 9.53 Å². The van der Waals surface area contributed by atoms with Crippen LogP contribution in [0.5, 0.6) is 5.75 Å². The molecule has 2 aromatic carbocycles. The number of amides is 1. The number of hydrogen-bond acceptors (Lipinski definition) is 4. The lowest BCUT2D eigenvalue weighted by Gasteiger charge is -2.12. The molecule has 0 radical (unpaired) electrons. The molecule has 1 aromatic heterocycles. The number of hydrogen-bond donors (Lipinski definition) is 2. The molecule has 28 heavy (non-hydrogen) atoms. The number of anilines is 2. The number of ether oxygens (including phenoxy) is 1. The SMILES string of the molecule is CCOc1ccccc1Nc1ccc(C(=O)NCCCc2ccccc2)nc1. The van der Waals surface area contributed by atoms with E-state index in [4.69, 9.17) is 4.74 Å². The molecule has 0 saturated carbocycles. The Morgan fingerprint density at radius 3 is 2.54 bits per heavy atom. The minimum absolute atomic E-state index is 0.158. The first-order chi connectivity index (χ1) is 13.8. The summed E-state index contributed by atoms with van der Waals surface area (Å²) in [7, 11) is 0. The summed E-state index contributed by atoms with van der Waals surface area (Å²) in [6.07, 6.45) is 3.49. The maximum Gasteiger partial charge on any atom is 0.269 e. The van der Waals surface area contributed by atoms with Crippen LogP contribution in [0.2, 0.25) is 0 Å². The van der Waals surface area contributed by atoms with E-state index >= 15 is 0 Å². The van der Waals surface area contributed by atoms with E-state index in [0.29, 0.717) is 18.8 Å². The lowest BCUT2D eigenvalue weighted by atomic mass is 10.1. The minimum Gasteiger partial charge on any atom is -0.492 e. The zero-order valence-electron chi connectivity index (χ0n) is 16.0. The average molecular weight is 375 g/mol. The van der Waals surface area contributed by atoms with Gasteiger partial charge in [-0.1, -0.05) is 42.5 Å². The summed E-state index contributed by atoms with van der Waals surface area (Å²) in [4.78, 5) is 16.5. The number of rotatable bonds is 9. The maximum atomic E-state index is 12.3. The summed E-state index contributed by atoms with van der Waals surface area (Å²) in [5.41, 5.74) is 3.35. The van der Waals surface area contributed by atoms with Gasteiger partial charge in [0, 0.05) is 6.54 Å². The van der Waals surface area contributed by atoms with E-state index in [1.165, 1.54) is 5.56 Å². The van der Waals surface area contributed by atoms with E-state index in [9.17, 15) is 4.79 Å². The molecule has 0 spiro atoms. The van der Waals surface area contributed by atoms with Gasteiger partial charge in [-0.05, 0) is 49.6 Å². The number of para-hydroxylation sites is 2. The Kier molecular flexibility index (Phi) is 7.01. The van der Waals surface area contributed by atoms with Gasteiger partial charge >= 0.3 is 0 Å². The van der Waals surface area contributed by atoms with Gasteiger partial charge < -0.3 is 15.4 Å². The van der Waals surface area contributed by atoms with E-state index in [0.717, 1.165) is 30.0 Å². The van der Waals surface area contributed by atoms with Gasteiger partial charge in [0.25, 0.3) is 5.91 Å². The zero-order valence-corrected chi connectivity index (χ0v) is 16.0. The van der Waals surface area contributed by atoms with Crippen LogP contribution in [0.25, 0.3) is 0 Å². The first-order valence-corrected chi connectivity index (χ1v) is 9.53. The highest BCUT2D eigenvalue weighted by Gasteiger charge is 2.08. The molecule has 0 aliphatic carbocycles. The van der Waals surface area contributed by atoms with Crippen LogP contribution in [-0.4, -0.2) is 24.0 Å². The fourth-order valence-corrected chi connectivity index (χ4v) is 2.84. The van der Waals surface area contributed by atoms with Gasteiger partial charge in [0.05, 0.1) is 24.2 Å². The second-order valence-corrected chi connectivity index (χ2v) is 6.33. The van der Waals surface area contributed by atoms with Crippen molar-refractivity contribution in [1.82, 2.24) is 10.3 Å². The number of aryl methyl sites for hydroxylation is 1. The highest BCUT2D eigenvalue weighted by atomic mass is 16.5. The van der Waals surface area contributed by atoms with Crippen molar-refractivity contribution in [2.24, 2.45) is 0 Å². The Morgan fingerprint density at radius 1 is 1.00 bits per heavy atom. The number of carbonyl (C=O) groups excluding carboxylic acids is 1. The Balaban J connectivity index is 1.50. The Bertz CT molecular complexity index is 880. The van der Waals surface area contributed by atoms with Crippen LogP contribution in [0.15, 0.2) is 72.9 Å². The van der Waals surface area contributed by atoms with Crippen LogP contribution in [0, 0.1) is 0 Å². The van der Waals surface area contributed by atoms with Crippen LogP contribution in [0.4, 0.5) is 11.4 Å². The van der Waals surface area contributed by atoms with E-state index in [1.54, 1.807) is 12.3 Å². The summed E-state index contributed by atoms with van der Waals surface area (Å²) in [5.74, 6) is 0.625. The molecule has 3 aromatic rings. The van der Waals surface area contributed by atoms with Gasteiger partial charge in [-0.2, -0.15) is 0 Å². The van der Waals surface area contributed by atoms with Crippen molar-refractivity contribution in [2.45, 2.75) is 19.8 Å². The molecule has 0 atom stereocenters. The molecule has 2 N–H and O–H groups in total. The van der Waals surface area contributed by atoms with Gasteiger partial charge in [-0.25, -0.2) is 4.98 Å². The number of aromatic nitrogens is 1. The third-order valence-corrected chi connectivity index (χ3v) is 4.23. The Labute approximate surface area is 165 Å². The highest BCUT2D eigenvalue weighted by molar-refractivity contribution is 5.92. The molecule has 0 bridgehead atoms. The van der Waals surface area contributed by atoms with Gasteiger partial charge in [0.1, 0.15) is 11.4 Å². The smallest absolute Gasteiger partial charge is 0.269 e. The number of pyridine rings is 1.